The van der Waals surface area contributed by atoms with Crippen LogP contribution in [0.1, 0.15) is 24.2 Å². The number of pyridine rings is 1. The molecule has 0 bridgehead atoms. The van der Waals surface area contributed by atoms with Gasteiger partial charge >= 0.3 is 0 Å². The summed E-state index contributed by atoms with van der Waals surface area (Å²) in [5.41, 5.74) is 5.49. The zero-order valence-electron chi connectivity index (χ0n) is 19.1. The van der Waals surface area contributed by atoms with E-state index in [2.05, 4.69) is 59.5 Å². The van der Waals surface area contributed by atoms with Crippen LogP contribution in [0.4, 0.5) is 11.8 Å². The van der Waals surface area contributed by atoms with Gasteiger partial charge in [-0.15, -0.1) is 0 Å². The van der Waals surface area contributed by atoms with Crippen molar-refractivity contribution in [3.8, 4) is 17.0 Å². The van der Waals surface area contributed by atoms with Gasteiger partial charge in [-0.2, -0.15) is 0 Å². The van der Waals surface area contributed by atoms with Gasteiger partial charge in [-0.25, -0.2) is 19.9 Å². The van der Waals surface area contributed by atoms with Gasteiger partial charge in [0.25, 0.3) is 0 Å². The molecule has 4 heterocycles. The van der Waals surface area contributed by atoms with Crippen LogP contribution in [0.3, 0.4) is 0 Å². The zero-order valence-corrected chi connectivity index (χ0v) is 19.1. The van der Waals surface area contributed by atoms with E-state index in [9.17, 15) is 0 Å². The predicted octanol–water partition coefficient (Wildman–Crippen LogP) is 3.44. The molecule has 0 aliphatic carbocycles. The largest absolute Gasteiger partial charge is 0.493 e. The molecule has 170 valence electrons. The number of benzene rings is 1. The first kappa shape index (κ1) is 21.3. The fraction of sp³-hybridized carbons (Fsp3) is 0.333. The molecule has 1 unspecified atom stereocenters. The highest BCUT2D eigenvalue weighted by atomic mass is 16.5. The van der Waals surface area contributed by atoms with Crippen molar-refractivity contribution >= 4 is 22.8 Å². The SMILES string of the molecule is COc1c(C)ncnc1-c1ccc2nc(Nc3cc(C(C)N4CCNCC4)ccn3)[nH]c2c1. The van der Waals surface area contributed by atoms with E-state index in [4.69, 9.17) is 4.74 Å². The Morgan fingerprint density at radius 1 is 1.09 bits per heavy atom. The van der Waals surface area contributed by atoms with Crippen LogP contribution in [0.2, 0.25) is 0 Å². The summed E-state index contributed by atoms with van der Waals surface area (Å²) in [4.78, 5) is 23.7. The average molecular weight is 445 g/mol. The highest BCUT2D eigenvalue weighted by molar-refractivity contribution is 5.84. The number of H-pyrrole nitrogens is 1. The minimum absolute atomic E-state index is 0.334. The summed E-state index contributed by atoms with van der Waals surface area (Å²) in [6, 6.07) is 10.5. The van der Waals surface area contributed by atoms with Gasteiger partial charge in [0.05, 0.1) is 23.8 Å². The molecule has 1 aliphatic heterocycles. The summed E-state index contributed by atoms with van der Waals surface area (Å²) in [5.74, 6) is 2.09. The number of piperazine rings is 1. The summed E-state index contributed by atoms with van der Waals surface area (Å²) in [6.07, 6.45) is 3.40. The molecule has 0 spiro atoms. The molecule has 1 saturated heterocycles. The molecule has 33 heavy (non-hydrogen) atoms. The van der Waals surface area contributed by atoms with Crippen LogP contribution in [-0.4, -0.2) is 63.1 Å². The number of methoxy groups -OCH3 is 1. The van der Waals surface area contributed by atoms with Gasteiger partial charge in [-0.05, 0) is 43.7 Å². The van der Waals surface area contributed by atoms with E-state index in [0.29, 0.717) is 17.7 Å². The number of hydrogen-bond acceptors (Lipinski definition) is 8. The first-order valence-electron chi connectivity index (χ1n) is 11.2. The molecule has 0 radical (unpaired) electrons. The van der Waals surface area contributed by atoms with Crippen LogP contribution in [0.25, 0.3) is 22.3 Å². The number of hydrogen-bond donors (Lipinski definition) is 3. The number of rotatable bonds is 6. The van der Waals surface area contributed by atoms with Gasteiger partial charge < -0.3 is 20.4 Å². The van der Waals surface area contributed by atoms with E-state index in [1.165, 1.54) is 5.56 Å². The molecule has 4 aromatic rings. The summed E-state index contributed by atoms with van der Waals surface area (Å²) in [7, 11) is 1.64. The summed E-state index contributed by atoms with van der Waals surface area (Å²) in [5, 5.41) is 6.73. The van der Waals surface area contributed by atoms with Crippen molar-refractivity contribution in [2.75, 3.05) is 38.6 Å². The monoisotopic (exact) mass is 444 g/mol. The molecule has 0 saturated carbocycles. The Balaban J connectivity index is 1.39. The second kappa shape index (κ2) is 9.13. The second-order valence-corrected chi connectivity index (χ2v) is 8.22. The van der Waals surface area contributed by atoms with Crippen LogP contribution >= 0.6 is 0 Å². The lowest BCUT2D eigenvalue weighted by Gasteiger charge is -2.33. The van der Waals surface area contributed by atoms with Gasteiger partial charge in [0.2, 0.25) is 5.95 Å². The third-order valence-corrected chi connectivity index (χ3v) is 6.15. The number of nitrogens with one attached hydrogen (secondary N) is 3. The molecule has 1 fully saturated rings. The lowest BCUT2D eigenvalue weighted by atomic mass is 10.1. The van der Waals surface area contributed by atoms with Crippen molar-refractivity contribution in [2.45, 2.75) is 19.9 Å². The van der Waals surface area contributed by atoms with E-state index in [1.54, 1.807) is 13.4 Å². The molecule has 1 aromatic carbocycles. The number of nitrogens with zero attached hydrogens (tertiary/aromatic N) is 5. The number of aryl methyl sites for hydroxylation is 1. The molecule has 3 aromatic heterocycles. The van der Waals surface area contributed by atoms with Gasteiger partial charge in [0.1, 0.15) is 17.8 Å². The second-order valence-electron chi connectivity index (χ2n) is 8.22. The van der Waals surface area contributed by atoms with E-state index in [-0.39, 0.29) is 0 Å². The van der Waals surface area contributed by atoms with Crippen LogP contribution in [0.15, 0.2) is 42.9 Å². The summed E-state index contributed by atoms with van der Waals surface area (Å²) >= 11 is 0. The third-order valence-electron chi connectivity index (χ3n) is 6.15. The Morgan fingerprint density at radius 2 is 1.94 bits per heavy atom. The Bertz CT molecular complexity index is 1260. The molecule has 3 N–H and O–H groups in total. The minimum Gasteiger partial charge on any atom is -0.493 e. The van der Waals surface area contributed by atoms with Crippen LogP contribution in [-0.2, 0) is 0 Å². The fourth-order valence-electron chi connectivity index (χ4n) is 4.30. The lowest BCUT2D eigenvalue weighted by molar-refractivity contribution is 0.185. The van der Waals surface area contributed by atoms with Crippen LogP contribution in [0.5, 0.6) is 5.75 Å². The normalized spacial score (nSPS) is 15.5. The highest BCUT2D eigenvalue weighted by Crippen LogP contribution is 2.31. The Hall–Kier alpha value is -3.56. The smallest absolute Gasteiger partial charge is 0.206 e. The van der Waals surface area contributed by atoms with Crippen molar-refractivity contribution in [1.82, 2.24) is 35.1 Å². The van der Waals surface area contributed by atoms with E-state index in [0.717, 1.165) is 60.0 Å². The quantitative estimate of drug-likeness (QED) is 0.416. The van der Waals surface area contributed by atoms with E-state index >= 15 is 0 Å². The molecule has 1 aliphatic rings. The van der Waals surface area contributed by atoms with Crippen molar-refractivity contribution in [3.05, 3.63) is 54.1 Å². The maximum absolute atomic E-state index is 5.52. The van der Waals surface area contributed by atoms with Crippen molar-refractivity contribution < 1.29 is 4.74 Å². The van der Waals surface area contributed by atoms with Crippen molar-refractivity contribution in [1.29, 1.82) is 0 Å². The maximum Gasteiger partial charge on any atom is 0.206 e. The number of aromatic amines is 1. The Kier molecular flexibility index (Phi) is 5.89. The highest BCUT2D eigenvalue weighted by Gasteiger charge is 2.18. The molecule has 0 amide bonds. The third kappa shape index (κ3) is 4.37. The number of imidazole rings is 1. The topological polar surface area (TPSA) is 104 Å². The maximum atomic E-state index is 5.52. The zero-order chi connectivity index (χ0) is 22.8. The van der Waals surface area contributed by atoms with E-state index < -0.39 is 0 Å². The Labute approximate surface area is 192 Å². The summed E-state index contributed by atoms with van der Waals surface area (Å²) < 4.78 is 5.52. The van der Waals surface area contributed by atoms with Gasteiger partial charge in [0.15, 0.2) is 5.75 Å². The number of aromatic nitrogens is 5. The van der Waals surface area contributed by atoms with Crippen molar-refractivity contribution in [2.24, 2.45) is 0 Å². The number of anilines is 2. The average Bonchev–Trinajstić information content (AvgIpc) is 3.25. The van der Waals surface area contributed by atoms with Gasteiger partial charge in [-0.1, -0.05) is 6.07 Å². The lowest BCUT2D eigenvalue weighted by Crippen LogP contribution is -2.44. The standard InChI is InChI=1S/C24H28N8O/c1-15-23(33-3)22(28-14-27-15)18-4-5-19-20(12-18)30-24(29-19)31-21-13-17(6-7-26-21)16(2)32-10-8-25-9-11-32/h4-7,12-14,16,25H,8-11H2,1-3H3,(H2,26,29,30,31). The Morgan fingerprint density at radius 3 is 2.76 bits per heavy atom. The number of fused-ring (bicyclic) bond motifs is 1. The minimum atomic E-state index is 0.334. The molecule has 9 heteroatoms. The molecule has 5 rings (SSSR count). The first-order chi connectivity index (χ1) is 16.1. The van der Waals surface area contributed by atoms with Crippen LogP contribution in [0, 0.1) is 6.92 Å². The van der Waals surface area contributed by atoms with E-state index in [1.807, 2.05) is 31.3 Å². The van der Waals surface area contributed by atoms with Crippen LogP contribution < -0.4 is 15.4 Å². The number of ether oxygens (including phenoxy) is 1. The van der Waals surface area contributed by atoms with Gasteiger partial charge in [-0.3, -0.25) is 4.90 Å². The molecule has 9 nitrogen and oxygen atoms in total. The first-order valence-corrected chi connectivity index (χ1v) is 11.2. The van der Waals surface area contributed by atoms with Gasteiger partial charge in [0, 0.05) is 44.0 Å². The molecular weight excluding hydrogens is 416 g/mol. The molecule has 1 atom stereocenters. The fourth-order valence-corrected chi connectivity index (χ4v) is 4.30. The summed E-state index contributed by atoms with van der Waals surface area (Å²) in [6.45, 7) is 8.31. The van der Waals surface area contributed by atoms with Crippen molar-refractivity contribution in [3.63, 3.8) is 0 Å². The predicted molar refractivity (Wildman–Crippen MR) is 129 cm³/mol. The molecular formula is C24H28N8O.